The van der Waals surface area contributed by atoms with Crippen LogP contribution in [0.2, 0.25) is 0 Å². The number of fused-ring (bicyclic) bond motifs is 1. The first-order valence-corrected chi connectivity index (χ1v) is 8.11. The standard InChI is InChI=1S/C18H14F2N6O/c19-18(20)27-14-8-6-13(7-9-14)17(12-4-2-1-3-5-12)21-15-10-11-16-22-24-25-26(16)23-15/h1-11,17-18H,(H,21,23). The van der Waals surface area contributed by atoms with E-state index in [1.54, 1.807) is 24.3 Å². The van der Waals surface area contributed by atoms with Gasteiger partial charge in [-0.25, -0.2) is 0 Å². The third-order valence-electron chi connectivity index (χ3n) is 3.93. The van der Waals surface area contributed by atoms with Crippen molar-refractivity contribution in [2.75, 3.05) is 5.32 Å². The Morgan fingerprint density at radius 2 is 1.63 bits per heavy atom. The zero-order valence-corrected chi connectivity index (χ0v) is 13.9. The number of nitrogens with one attached hydrogen (secondary N) is 1. The molecule has 136 valence electrons. The Balaban J connectivity index is 1.66. The molecule has 1 unspecified atom stereocenters. The number of nitrogens with zero attached hydrogens (tertiary/aromatic N) is 5. The summed E-state index contributed by atoms with van der Waals surface area (Å²) in [4.78, 5) is 0. The van der Waals surface area contributed by atoms with Crippen LogP contribution >= 0.6 is 0 Å². The molecular weight excluding hydrogens is 354 g/mol. The molecule has 0 saturated heterocycles. The second kappa shape index (κ2) is 7.32. The lowest BCUT2D eigenvalue weighted by molar-refractivity contribution is -0.0498. The minimum absolute atomic E-state index is 0.105. The lowest BCUT2D eigenvalue weighted by Crippen LogP contribution is -2.14. The molecule has 2 aromatic heterocycles. The Bertz CT molecular complexity index is 1020. The number of hydrogen-bond donors (Lipinski definition) is 1. The van der Waals surface area contributed by atoms with Crippen LogP contribution in [0.3, 0.4) is 0 Å². The maximum absolute atomic E-state index is 12.4. The predicted octanol–water partition coefficient (Wildman–Crippen LogP) is 3.32. The quantitative estimate of drug-likeness (QED) is 0.563. The number of tetrazole rings is 1. The molecule has 0 fully saturated rings. The highest BCUT2D eigenvalue weighted by Crippen LogP contribution is 2.27. The third kappa shape index (κ3) is 3.81. The van der Waals surface area contributed by atoms with Crippen LogP contribution in [0, 0.1) is 0 Å². The molecule has 0 bridgehead atoms. The van der Waals surface area contributed by atoms with Gasteiger partial charge in [-0.3, -0.25) is 0 Å². The number of alkyl halides is 2. The normalized spacial score (nSPS) is 12.3. The molecule has 9 heteroatoms. The molecular formula is C18H14F2N6O. The van der Waals surface area contributed by atoms with Gasteiger partial charge in [0, 0.05) is 0 Å². The van der Waals surface area contributed by atoms with Gasteiger partial charge >= 0.3 is 6.61 Å². The van der Waals surface area contributed by atoms with Crippen molar-refractivity contribution < 1.29 is 13.5 Å². The van der Waals surface area contributed by atoms with Gasteiger partial charge in [-0.2, -0.15) is 8.78 Å². The molecule has 0 amide bonds. The van der Waals surface area contributed by atoms with Crippen molar-refractivity contribution in [2.45, 2.75) is 12.7 Å². The smallest absolute Gasteiger partial charge is 0.387 e. The molecule has 0 radical (unpaired) electrons. The average Bonchev–Trinajstić information content (AvgIpc) is 3.15. The first-order valence-electron chi connectivity index (χ1n) is 8.11. The summed E-state index contributed by atoms with van der Waals surface area (Å²) in [6.07, 6.45) is 0. The summed E-state index contributed by atoms with van der Waals surface area (Å²) in [5, 5.41) is 18.8. The Kier molecular flexibility index (Phi) is 4.56. The van der Waals surface area contributed by atoms with Gasteiger partial charge in [-0.05, 0) is 45.8 Å². The maximum Gasteiger partial charge on any atom is 0.387 e. The van der Waals surface area contributed by atoms with Gasteiger partial charge in [0.25, 0.3) is 0 Å². The number of ether oxygens (including phenoxy) is 1. The predicted molar refractivity (Wildman–Crippen MR) is 93.6 cm³/mol. The van der Waals surface area contributed by atoms with Crippen molar-refractivity contribution in [2.24, 2.45) is 0 Å². The lowest BCUT2D eigenvalue weighted by Gasteiger charge is -2.20. The highest BCUT2D eigenvalue weighted by molar-refractivity contribution is 5.47. The molecule has 0 saturated carbocycles. The molecule has 0 aliphatic heterocycles. The second-order valence-electron chi connectivity index (χ2n) is 5.68. The van der Waals surface area contributed by atoms with E-state index in [1.807, 2.05) is 30.3 Å². The van der Waals surface area contributed by atoms with Gasteiger partial charge in [0.05, 0.1) is 6.04 Å². The summed E-state index contributed by atoms with van der Waals surface area (Å²) in [5.74, 6) is 0.672. The summed E-state index contributed by atoms with van der Waals surface area (Å²) in [6.45, 7) is -2.86. The van der Waals surface area contributed by atoms with E-state index in [0.717, 1.165) is 11.1 Å². The Labute approximate surface area is 152 Å². The molecule has 1 N–H and O–H groups in total. The summed E-state index contributed by atoms with van der Waals surface area (Å²) in [7, 11) is 0. The number of anilines is 1. The molecule has 7 nitrogen and oxygen atoms in total. The van der Waals surface area contributed by atoms with Crippen molar-refractivity contribution in [1.29, 1.82) is 0 Å². The monoisotopic (exact) mass is 368 g/mol. The van der Waals surface area contributed by atoms with Gasteiger partial charge in [0.15, 0.2) is 5.65 Å². The van der Waals surface area contributed by atoms with E-state index in [9.17, 15) is 8.78 Å². The van der Waals surface area contributed by atoms with Gasteiger partial charge in [0.2, 0.25) is 0 Å². The molecule has 0 spiro atoms. The van der Waals surface area contributed by atoms with E-state index >= 15 is 0 Å². The molecule has 27 heavy (non-hydrogen) atoms. The Hall–Kier alpha value is -3.62. The number of aromatic nitrogens is 5. The summed E-state index contributed by atoms with van der Waals surface area (Å²) in [6, 6.07) is 19.5. The zero-order valence-electron chi connectivity index (χ0n) is 13.9. The van der Waals surface area contributed by atoms with Gasteiger partial charge in [-0.15, -0.1) is 14.8 Å². The fourth-order valence-electron chi connectivity index (χ4n) is 2.72. The fraction of sp³-hybridized carbons (Fsp3) is 0.111. The summed E-state index contributed by atoms with van der Waals surface area (Å²) >= 11 is 0. The lowest BCUT2D eigenvalue weighted by atomic mass is 9.98. The molecule has 4 rings (SSSR count). The number of benzene rings is 2. The Morgan fingerprint density at radius 1 is 0.889 bits per heavy atom. The summed E-state index contributed by atoms with van der Waals surface area (Å²) in [5.41, 5.74) is 2.38. The molecule has 0 aliphatic rings. The SMILES string of the molecule is FC(F)Oc1ccc(C(Nc2ccc3nnnn3n2)c2ccccc2)cc1. The van der Waals surface area contributed by atoms with Crippen LogP contribution < -0.4 is 10.1 Å². The molecule has 0 aliphatic carbocycles. The van der Waals surface area contributed by atoms with Crippen molar-refractivity contribution in [3.05, 3.63) is 77.9 Å². The van der Waals surface area contributed by atoms with Gasteiger partial charge in [0.1, 0.15) is 11.6 Å². The van der Waals surface area contributed by atoms with Crippen LogP contribution in [-0.2, 0) is 0 Å². The van der Waals surface area contributed by atoms with E-state index in [1.165, 1.54) is 16.8 Å². The van der Waals surface area contributed by atoms with Crippen molar-refractivity contribution in [1.82, 2.24) is 25.3 Å². The molecule has 1 atom stereocenters. The van der Waals surface area contributed by atoms with Crippen molar-refractivity contribution in [3.63, 3.8) is 0 Å². The number of rotatable bonds is 6. The van der Waals surface area contributed by atoms with Gasteiger partial charge < -0.3 is 10.1 Å². The van der Waals surface area contributed by atoms with E-state index in [0.29, 0.717) is 11.5 Å². The fourth-order valence-corrected chi connectivity index (χ4v) is 2.72. The van der Waals surface area contributed by atoms with Crippen LogP contribution in [0.1, 0.15) is 17.2 Å². The van der Waals surface area contributed by atoms with Crippen molar-refractivity contribution in [3.8, 4) is 5.75 Å². The largest absolute Gasteiger partial charge is 0.435 e. The molecule has 2 aromatic carbocycles. The Morgan fingerprint density at radius 3 is 2.37 bits per heavy atom. The highest BCUT2D eigenvalue weighted by atomic mass is 19.3. The average molecular weight is 368 g/mol. The van der Waals surface area contributed by atoms with E-state index in [2.05, 4.69) is 30.7 Å². The maximum atomic E-state index is 12.4. The summed E-state index contributed by atoms with van der Waals surface area (Å²) < 4.78 is 30.5. The van der Waals surface area contributed by atoms with Crippen molar-refractivity contribution >= 4 is 11.5 Å². The molecule has 4 aromatic rings. The second-order valence-corrected chi connectivity index (χ2v) is 5.68. The van der Waals surface area contributed by atoms with E-state index < -0.39 is 6.61 Å². The van der Waals surface area contributed by atoms with Crippen LogP contribution in [0.4, 0.5) is 14.6 Å². The van der Waals surface area contributed by atoms with Crippen LogP contribution in [0.15, 0.2) is 66.7 Å². The van der Waals surface area contributed by atoms with E-state index in [4.69, 9.17) is 0 Å². The topological polar surface area (TPSA) is 77.2 Å². The van der Waals surface area contributed by atoms with Crippen LogP contribution in [0.25, 0.3) is 5.65 Å². The minimum Gasteiger partial charge on any atom is -0.435 e. The first-order chi connectivity index (χ1) is 13.2. The number of hydrogen-bond acceptors (Lipinski definition) is 6. The zero-order chi connectivity index (χ0) is 18.6. The third-order valence-corrected chi connectivity index (χ3v) is 3.93. The van der Waals surface area contributed by atoms with Crippen LogP contribution in [0.5, 0.6) is 5.75 Å². The van der Waals surface area contributed by atoms with Gasteiger partial charge in [-0.1, -0.05) is 42.5 Å². The first kappa shape index (κ1) is 16.8. The number of halogens is 2. The van der Waals surface area contributed by atoms with Crippen LogP contribution in [-0.4, -0.2) is 31.9 Å². The minimum atomic E-state index is -2.86. The molecule has 2 heterocycles. The highest BCUT2D eigenvalue weighted by Gasteiger charge is 2.16. The van der Waals surface area contributed by atoms with E-state index in [-0.39, 0.29) is 11.8 Å².